The van der Waals surface area contributed by atoms with Crippen molar-refractivity contribution in [2.75, 3.05) is 7.05 Å². The molecule has 0 fully saturated rings. The second kappa shape index (κ2) is 1.42. The van der Waals surface area contributed by atoms with Gasteiger partial charge >= 0.3 is 0 Å². The summed E-state index contributed by atoms with van der Waals surface area (Å²) >= 11 is 0. The minimum atomic E-state index is 1.19. The van der Waals surface area contributed by atoms with Crippen LogP contribution in [0.3, 0.4) is 0 Å². The van der Waals surface area contributed by atoms with Crippen molar-refractivity contribution in [3.8, 4) is 0 Å². The van der Waals surface area contributed by atoms with Crippen LogP contribution in [0.1, 0.15) is 6.92 Å². The van der Waals surface area contributed by atoms with Crippen molar-refractivity contribution in [1.82, 2.24) is 16.0 Å². The summed E-state index contributed by atoms with van der Waals surface area (Å²) in [5.74, 6) is 0. The molecule has 7 heavy (non-hydrogen) atoms. The van der Waals surface area contributed by atoms with E-state index in [0.717, 1.165) is 0 Å². The van der Waals surface area contributed by atoms with E-state index in [0.29, 0.717) is 0 Å². The second-order valence-electron chi connectivity index (χ2n) is 1.60. The zero-order chi connectivity index (χ0) is 5.28. The summed E-state index contributed by atoms with van der Waals surface area (Å²) in [7, 11) is 1.95. The average molecular weight is 99.1 g/mol. The van der Waals surface area contributed by atoms with Crippen LogP contribution in [0.25, 0.3) is 0 Å². The summed E-state index contributed by atoms with van der Waals surface area (Å²) in [5, 5.41) is 1.90. The summed E-state index contributed by atoms with van der Waals surface area (Å²) in [4.78, 5) is 0. The van der Waals surface area contributed by atoms with Gasteiger partial charge in [-0.3, -0.25) is 5.01 Å². The number of allylic oxidation sites excluding steroid dienone is 1. The Labute approximate surface area is 42.9 Å². The van der Waals surface area contributed by atoms with E-state index in [1.165, 1.54) is 5.70 Å². The number of nitrogens with one attached hydrogen (secondary N) is 2. The van der Waals surface area contributed by atoms with Gasteiger partial charge < -0.3 is 5.43 Å². The molecule has 3 heteroatoms. The van der Waals surface area contributed by atoms with Crippen LogP contribution >= 0.6 is 0 Å². The first kappa shape index (κ1) is 4.46. The molecule has 0 bridgehead atoms. The highest BCUT2D eigenvalue weighted by molar-refractivity contribution is 4.96. The second-order valence-corrected chi connectivity index (χ2v) is 1.60. The topological polar surface area (TPSA) is 27.3 Å². The van der Waals surface area contributed by atoms with E-state index in [1.807, 2.05) is 25.2 Å². The number of hydrogen-bond donors (Lipinski definition) is 2. The first-order valence-electron chi connectivity index (χ1n) is 2.22. The van der Waals surface area contributed by atoms with Crippen molar-refractivity contribution >= 4 is 0 Å². The van der Waals surface area contributed by atoms with Crippen LogP contribution in [0.5, 0.6) is 0 Å². The lowest BCUT2D eigenvalue weighted by Crippen LogP contribution is -2.33. The standard InChI is InChI=1S/C4H9N3/c1-4-3-5-6-7(4)2/h3,5-6H,1-2H3. The fourth-order valence-corrected chi connectivity index (χ4v) is 0.419. The maximum Gasteiger partial charge on any atom is 0.0448 e. The van der Waals surface area contributed by atoms with Crippen LogP contribution in [0.15, 0.2) is 11.9 Å². The van der Waals surface area contributed by atoms with Gasteiger partial charge in [-0.25, -0.2) is 0 Å². The Hall–Kier alpha value is -0.700. The van der Waals surface area contributed by atoms with Crippen molar-refractivity contribution < 1.29 is 0 Å². The average Bonchev–Trinajstić information content (AvgIpc) is 1.91. The highest BCUT2D eigenvalue weighted by Crippen LogP contribution is 1.95. The first-order valence-corrected chi connectivity index (χ1v) is 2.22. The molecule has 1 rings (SSSR count). The van der Waals surface area contributed by atoms with Crippen molar-refractivity contribution in [1.29, 1.82) is 0 Å². The van der Waals surface area contributed by atoms with Gasteiger partial charge in [-0.2, -0.15) is 0 Å². The molecule has 0 aromatic rings. The molecule has 0 saturated heterocycles. The van der Waals surface area contributed by atoms with Crippen molar-refractivity contribution in [2.45, 2.75) is 6.92 Å². The number of rotatable bonds is 0. The molecule has 0 aliphatic carbocycles. The largest absolute Gasteiger partial charge is 0.309 e. The Morgan fingerprint density at radius 3 is 2.57 bits per heavy atom. The van der Waals surface area contributed by atoms with E-state index in [9.17, 15) is 0 Å². The van der Waals surface area contributed by atoms with E-state index in [-0.39, 0.29) is 0 Å². The maximum absolute atomic E-state index is 2.86. The summed E-state index contributed by atoms with van der Waals surface area (Å²) < 4.78 is 0. The van der Waals surface area contributed by atoms with Gasteiger partial charge in [0.1, 0.15) is 0 Å². The van der Waals surface area contributed by atoms with E-state index in [2.05, 4.69) is 11.0 Å². The maximum atomic E-state index is 2.86. The van der Waals surface area contributed by atoms with Crippen molar-refractivity contribution in [3.63, 3.8) is 0 Å². The third-order valence-electron chi connectivity index (χ3n) is 1.04. The van der Waals surface area contributed by atoms with Crippen molar-refractivity contribution in [3.05, 3.63) is 11.9 Å². The van der Waals surface area contributed by atoms with Gasteiger partial charge in [-0.15, -0.1) is 5.53 Å². The van der Waals surface area contributed by atoms with Crippen molar-refractivity contribution in [2.24, 2.45) is 0 Å². The third-order valence-corrected chi connectivity index (χ3v) is 1.04. The molecular weight excluding hydrogens is 90.1 g/mol. The molecule has 1 heterocycles. The predicted molar refractivity (Wildman–Crippen MR) is 27.8 cm³/mol. The zero-order valence-electron chi connectivity index (χ0n) is 4.52. The monoisotopic (exact) mass is 99.1 g/mol. The molecule has 1 aliphatic rings. The van der Waals surface area contributed by atoms with E-state index >= 15 is 0 Å². The van der Waals surface area contributed by atoms with Gasteiger partial charge in [0.15, 0.2) is 0 Å². The summed E-state index contributed by atoms with van der Waals surface area (Å²) in [5.41, 5.74) is 6.89. The fraction of sp³-hybridized carbons (Fsp3) is 0.500. The van der Waals surface area contributed by atoms with E-state index < -0.39 is 0 Å². The molecule has 0 unspecified atom stereocenters. The molecule has 0 spiro atoms. The molecule has 3 nitrogen and oxygen atoms in total. The van der Waals surface area contributed by atoms with Gasteiger partial charge in [0.2, 0.25) is 0 Å². The molecule has 0 amide bonds. The van der Waals surface area contributed by atoms with E-state index in [4.69, 9.17) is 0 Å². The molecule has 2 N–H and O–H groups in total. The molecule has 40 valence electrons. The van der Waals surface area contributed by atoms with Gasteiger partial charge in [0.25, 0.3) is 0 Å². The summed E-state index contributed by atoms with van der Waals surface area (Å²) in [6.07, 6.45) is 1.90. The predicted octanol–water partition coefficient (Wildman–Crippen LogP) is -0.198. The SMILES string of the molecule is CC1=CNNN1C. The minimum absolute atomic E-state index is 1.19. The Kier molecular flexibility index (Phi) is 0.906. The van der Waals surface area contributed by atoms with Crippen LogP contribution < -0.4 is 11.0 Å². The first-order chi connectivity index (χ1) is 3.30. The van der Waals surface area contributed by atoms with Gasteiger partial charge in [0, 0.05) is 18.9 Å². The van der Waals surface area contributed by atoms with E-state index in [1.54, 1.807) is 0 Å². The van der Waals surface area contributed by atoms with Gasteiger partial charge in [-0.1, -0.05) is 0 Å². The summed E-state index contributed by atoms with van der Waals surface area (Å²) in [6.45, 7) is 2.02. The Morgan fingerprint density at radius 1 is 1.71 bits per heavy atom. The molecule has 0 saturated carbocycles. The molecule has 0 radical (unpaired) electrons. The molecule has 1 aliphatic heterocycles. The highest BCUT2D eigenvalue weighted by Gasteiger charge is 2.00. The number of hydrogen-bond acceptors (Lipinski definition) is 3. The highest BCUT2D eigenvalue weighted by atomic mass is 15.7. The summed E-state index contributed by atoms with van der Waals surface area (Å²) in [6, 6.07) is 0. The van der Waals surface area contributed by atoms with Gasteiger partial charge in [-0.05, 0) is 6.92 Å². The normalized spacial score (nSPS) is 19.1. The Bertz CT molecular complexity index is 97.1. The molecule has 0 aromatic carbocycles. The quantitative estimate of drug-likeness (QED) is 0.440. The lowest BCUT2D eigenvalue weighted by atomic mass is 10.5. The van der Waals surface area contributed by atoms with Crippen LogP contribution in [0, 0.1) is 0 Å². The Balaban J connectivity index is 2.54. The fourth-order valence-electron chi connectivity index (χ4n) is 0.419. The van der Waals surface area contributed by atoms with Crippen LogP contribution in [0.2, 0.25) is 0 Å². The number of nitrogens with zero attached hydrogens (tertiary/aromatic N) is 1. The Morgan fingerprint density at radius 2 is 2.43 bits per heavy atom. The van der Waals surface area contributed by atoms with Crippen LogP contribution in [-0.4, -0.2) is 12.1 Å². The zero-order valence-corrected chi connectivity index (χ0v) is 4.52. The smallest absolute Gasteiger partial charge is 0.0448 e. The molecular formula is C4H9N3. The lowest BCUT2D eigenvalue weighted by Gasteiger charge is -2.09. The van der Waals surface area contributed by atoms with Crippen LogP contribution in [-0.2, 0) is 0 Å². The minimum Gasteiger partial charge on any atom is -0.309 e. The lowest BCUT2D eigenvalue weighted by molar-refractivity contribution is 0.307. The number of hydrazine groups is 2. The van der Waals surface area contributed by atoms with Gasteiger partial charge in [0.05, 0.1) is 0 Å². The third kappa shape index (κ3) is 0.667. The molecule has 0 aromatic heterocycles. The van der Waals surface area contributed by atoms with Crippen LogP contribution in [0.4, 0.5) is 0 Å². The molecule has 0 atom stereocenters.